The highest BCUT2D eigenvalue weighted by atomic mass is 16.5. The van der Waals surface area contributed by atoms with Crippen LogP contribution >= 0.6 is 0 Å². The largest absolute Gasteiger partial charge is 0.497 e. The minimum atomic E-state index is -0.553. The van der Waals surface area contributed by atoms with Gasteiger partial charge in [-0.05, 0) is 24.3 Å². The van der Waals surface area contributed by atoms with Gasteiger partial charge in [0.05, 0.1) is 12.6 Å². The number of anilines is 1. The SMILES string of the molecule is COc1cccc(C(=O)CCC(=O)Nc2ccc3[nH]c(=O)oc3c2)c1. The minimum Gasteiger partial charge on any atom is -0.497 e. The molecule has 25 heavy (non-hydrogen) atoms. The summed E-state index contributed by atoms with van der Waals surface area (Å²) in [4.78, 5) is 37.8. The number of aromatic nitrogens is 1. The Morgan fingerprint density at radius 1 is 1.16 bits per heavy atom. The molecule has 3 aromatic rings. The molecule has 7 heteroatoms. The molecule has 0 aliphatic heterocycles. The average Bonchev–Trinajstić information content (AvgIpc) is 2.99. The maximum absolute atomic E-state index is 12.2. The number of ketones is 1. The molecule has 0 aliphatic carbocycles. The third-order valence-corrected chi connectivity index (χ3v) is 3.68. The molecule has 0 saturated carbocycles. The fourth-order valence-corrected chi connectivity index (χ4v) is 2.41. The summed E-state index contributed by atoms with van der Waals surface area (Å²) < 4.78 is 10.0. The Balaban J connectivity index is 1.59. The van der Waals surface area contributed by atoms with E-state index < -0.39 is 5.76 Å². The number of H-pyrrole nitrogens is 1. The van der Waals surface area contributed by atoms with Gasteiger partial charge in [-0.25, -0.2) is 4.79 Å². The molecule has 0 aliphatic rings. The predicted octanol–water partition coefficient (Wildman–Crippen LogP) is 2.73. The molecule has 3 rings (SSSR count). The van der Waals surface area contributed by atoms with Gasteiger partial charge in [-0.2, -0.15) is 0 Å². The minimum absolute atomic E-state index is 0.0468. The first-order chi connectivity index (χ1) is 12.0. The molecule has 128 valence electrons. The Bertz CT molecular complexity index is 986. The number of fused-ring (bicyclic) bond motifs is 1. The average molecular weight is 340 g/mol. The van der Waals surface area contributed by atoms with Crippen LogP contribution in [0.2, 0.25) is 0 Å². The second kappa shape index (κ2) is 7.04. The highest BCUT2D eigenvalue weighted by Crippen LogP contribution is 2.17. The lowest BCUT2D eigenvalue weighted by molar-refractivity contribution is -0.116. The van der Waals surface area contributed by atoms with Crippen molar-refractivity contribution in [1.29, 1.82) is 0 Å². The van der Waals surface area contributed by atoms with Crippen LogP contribution in [0, 0.1) is 0 Å². The first-order valence-corrected chi connectivity index (χ1v) is 7.65. The number of hydrogen-bond acceptors (Lipinski definition) is 5. The molecule has 0 saturated heterocycles. The number of hydrogen-bond donors (Lipinski definition) is 2. The molecule has 1 amide bonds. The van der Waals surface area contributed by atoms with Crippen LogP contribution in [-0.2, 0) is 4.79 Å². The number of nitrogens with one attached hydrogen (secondary N) is 2. The zero-order valence-electron chi connectivity index (χ0n) is 13.5. The van der Waals surface area contributed by atoms with E-state index in [0.717, 1.165) is 0 Å². The van der Waals surface area contributed by atoms with E-state index >= 15 is 0 Å². The highest BCUT2D eigenvalue weighted by molar-refractivity contribution is 6.00. The Labute approximate surface area is 142 Å². The van der Waals surface area contributed by atoms with Crippen molar-refractivity contribution in [3.05, 3.63) is 58.6 Å². The number of oxazole rings is 1. The molecular weight excluding hydrogens is 324 g/mol. The number of carbonyl (C=O) groups excluding carboxylic acids is 2. The van der Waals surface area contributed by atoms with Gasteiger partial charge in [0.2, 0.25) is 5.91 Å². The van der Waals surface area contributed by atoms with Gasteiger partial charge in [-0.3, -0.25) is 14.6 Å². The van der Waals surface area contributed by atoms with E-state index in [-0.39, 0.29) is 24.5 Å². The van der Waals surface area contributed by atoms with Gasteiger partial charge in [-0.15, -0.1) is 0 Å². The fraction of sp³-hybridized carbons (Fsp3) is 0.167. The number of carbonyl (C=O) groups is 2. The van der Waals surface area contributed by atoms with Crippen LogP contribution in [-0.4, -0.2) is 23.8 Å². The van der Waals surface area contributed by atoms with Crippen molar-refractivity contribution in [2.45, 2.75) is 12.8 Å². The summed E-state index contributed by atoms with van der Waals surface area (Å²) in [7, 11) is 1.53. The first-order valence-electron chi connectivity index (χ1n) is 7.65. The van der Waals surface area contributed by atoms with Crippen LogP contribution in [0.3, 0.4) is 0 Å². The second-order valence-electron chi connectivity index (χ2n) is 5.43. The summed E-state index contributed by atoms with van der Waals surface area (Å²) >= 11 is 0. The van der Waals surface area contributed by atoms with Crippen molar-refractivity contribution in [2.24, 2.45) is 0 Å². The lowest BCUT2D eigenvalue weighted by Crippen LogP contribution is -2.13. The number of ether oxygens (including phenoxy) is 1. The molecule has 0 atom stereocenters. The van der Waals surface area contributed by atoms with Gasteiger partial charge in [0.1, 0.15) is 5.75 Å². The molecule has 0 spiro atoms. The lowest BCUT2D eigenvalue weighted by atomic mass is 10.1. The van der Waals surface area contributed by atoms with Crippen LogP contribution in [0.15, 0.2) is 51.7 Å². The zero-order chi connectivity index (χ0) is 17.8. The molecule has 0 fully saturated rings. The highest BCUT2D eigenvalue weighted by Gasteiger charge is 2.11. The van der Waals surface area contributed by atoms with Crippen molar-refractivity contribution in [3.8, 4) is 5.75 Å². The number of methoxy groups -OCH3 is 1. The molecule has 1 heterocycles. The van der Waals surface area contributed by atoms with Gasteiger partial charge in [0, 0.05) is 30.2 Å². The van der Waals surface area contributed by atoms with E-state index in [0.29, 0.717) is 28.1 Å². The van der Waals surface area contributed by atoms with Crippen LogP contribution in [0.5, 0.6) is 5.75 Å². The summed E-state index contributed by atoms with van der Waals surface area (Å²) in [5, 5.41) is 2.68. The Morgan fingerprint density at radius 3 is 2.80 bits per heavy atom. The summed E-state index contributed by atoms with van der Waals surface area (Å²) in [6, 6.07) is 11.6. The maximum atomic E-state index is 12.2. The van der Waals surface area contributed by atoms with E-state index in [1.54, 1.807) is 42.5 Å². The number of rotatable bonds is 6. The van der Waals surface area contributed by atoms with E-state index in [1.165, 1.54) is 7.11 Å². The molecular formula is C18H16N2O5. The van der Waals surface area contributed by atoms with E-state index in [1.807, 2.05) is 0 Å². The fourth-order valence-electron chi connectivity index (χ4n) is 2.41. The number of amides is 1. The summed E-state index contributed by atoms with van der Waals surface area (Å²) in [6.07, 6.45) is 0.131. The predicted molar refractivity (Wildman–Crippen MR) is 92.0 cm³/mol. The van der Waals surface area contributed by atoms with E-state index in [2.05, 4.69) is 10.3 Å². The van der Waals surface area contributed by atoms with Crippen LogP contribution in [0.1, 0.15) is 23.2 Å². The van der Waals surface area contributed by atoms with Gasteiger partial charge in [-0.1, -0.05) is 12.1 Å². The van der Waals surface area contributed by atoms with Crippen molar-refractivity contribution in [1.82, 2.24) is 4.98 Å². The number of Topliss-reactive ketones (excluding diaryl/α,β-unsaturated/α-hetero) is 1. The zero-order valence-corrected chi connectivity index (χ0v) is 13.5. The maximum Gasteiger partial charge on any atom is 0.417 e. The van der Waals surface area contributed by atoms with Crippen LogP contribution < -0.4 is 15.8 Å². The smallest absolute Gasteiger partial charge is 0.417 e. The topological polar surface area (TPSA) is 101 Å². The number of benzene rings is 2. The molecule has 1 aromatic heterocycles. The molecule has 0 bridgehead atoms. The van der Waals surface area contributed by atoms with E-state index in [4.69, 9.17) is 9.15 Å². The second-order valence-corrected chi connectivity index (χ2v) is 5.43. The first kappa shape index (κ1) is 16.5. The third-order valence-electron chi connectivity index (χ3n) is 3.68. The Kier molecular flexibility index (Phi) is 4.65. The van der Waals surface area contributed by atoms with Crippen molar-refractivity contribution in [3.63, 3.8) is 0 Å². The molecule has 0 unspecified atom stereocenters. The summed E-state index contributed by atoms with van der Waals surface area (Å²) in [6.45, 7) is 0. The standard InChI is InChI=1S/C18H16N2O5/c1-24-13-4-2-3-11(9-13)15(21)7-8-17(22)19-12-5-6-14-16(10-12)25-18(23)20-14/h2-6,9-10H,7-8H2,1H3,(H,19,22)(H,20,23). The lowest BCUT2D eigenvalue weighted by Gasteiger charge is -2.06. The van der Waals surface area contributed by atoms with Crippen molar-refractivity contribution in [2.75, 3.05) is 12.4 Å². The summed E-state index contributed by atoms with van der Waals surface area (Å²) in [5.41, 5.74) is 1.91. The van der Waals surface area contributed by atoms with Gasteiger partial charge in [0.25, 0.3) is 0 Å². The normalized spacial score (nSPS) is 10.6. The van der Waals surface area contributed by atoms with Crippen molar-refractivity contribution < 1.29 is 18.7 Å². The molecule has 2 N–H and O–H groups in total. The monoisotopic (exact) mass is 340 g/mol. The molecule has 0 radical (unpaired) electrons. The summed E-state index contributed by atoms with van der Waals surface area (Å²) in [5.74, 6) is -0.395. The molecule has 7 nitrogen and oxygen atoms in total. The quantitative estimate of drug-likeness (QED) is 0.672. The Hall–Kier alpha value is -3.35. The van der Waals surface area contributed by atoms with Crippen molar-refractivity contribution >= 4 is 28.5 Å². The van der Waals surface area contributed by atoms with Gasteiger partial charge in [0.15, 0.2) is 11.4 Å². The van der Waals surface area contributed by atoms with Crippen LogP contribution in [0.25, 0.3) is 11.1 Å². The Morgan fingerprint density at radius 2 is 2.00 bits per heavy atom. The van der Waals surface area contributed by atoms with Gasteiger partial charge >= 0.3 is 5.76 Å². The van der Waals surface area contributed by atoms with Gasteiger partial charge < -0.3 is 14.5 Å². The third kappa shape index (κ3) is 3.95. The van der Waals surface area contributed by atoms with Crippen LogP contribution in [0.4, 0.5) is 5.69 Å². The van der Waals surface area contributed by atoms with E-state index in [9.17, 15) is 14.4 Å². The molecule has 2 aromatic carbocycles. The number of aromatic amines is 1.